The zero-order valence-electron chi connectivity index (χ0n) is 14.5. The van der Waals surface area contributed by atoms with Crippen LogP contribution in [0.5, 0.6) is 5.75 Å². The maximum absolute atomic E-state index is 12.3. The standard InChI is InChI=1S/C17H22N2O5/c1-17(2,3)16(22)19-18-13(15(21)24-5)10-14(20)11-6-8-12(23-4)9-7-11/h6-9H,10H2,1-5H3,(H,19,22)/b18-13+. The molecule has 7 nitrogen and oxygen atoms in total. The lowest BCUT2D eigenvalue weighted by molar-refractivity contribution is -0.132. The van der Waals surface area contributed by atoms with E-state index < -0.39 is 11.4 Å². The Morgan fingerprint density at radius 2 is 1.67 bits per heavy atom. The summed E-state index contributed by atoms with van der Waals surface area (Å²) < 4.78 is 9.64. The zero-order valence-corrected chi connectivity index (χ0v) is 14.5. The maximum atomic E-state index is 12.3. The molecule has 0 bridgehead atoms. The minimum Gasteiger partial charge on any atom is -0.497 e. The number of carbonyl (C=O) groups is 3. The molecule has 0 aliphatic heterocycles. The minimum atomic E-state index is -0.772. The number of rotatable bonds is 6. The first-order valence-corrected chi connectivity index (χ1v) is 7.31. The van der Waals surface area contributed by atoms with Crippen molar-refractivity contribution >= 4 is 23.4 Å². The van der Waals surface area contributed by atoms with Crippen LogP contribution >= 0.6 is 0 Å². The van der Waals surface area contributed by atoms with Crippen molar-refractivity contribution in [3.63, 3.8) is 0 Å². The fourth-order valence-electron chi connectivity index (χ4n) is 1.59. The summed E-state index contributed by atoms with van der Waals surface area (Å²) >= 11 is 0. The van der Waals surface area contributed by atoms with Gasteiger partial charge in [0.2, 0.25) is 5.91 Å². The number of amides is 1. The van der Waals surface area contributed by atoms with Crippen molar-refractivity contribution in [2.45, 2.75) is 27.2 Å². The van der Waals surface area contributed by atoms with Crippen molar-refractivity contribution in [1.82, 2.24) is 5.43 Å². The fourth-order valence-corrected chi connectivity index (χ4v) is 1.59. The Labute approximate surface area is 141 Å². The number of methoxy groups -OCH3 is 2. The summed E-state index contributed by atoms with van der Waals surface area (Å²) in [5, 5.41) is 3.76. The quantitative estimate of drug-likeness (QED) is 0.371. The third kappa shape index (κ3) is 5.49. The molecule has 0 fully saturated rings. The van der Waals surface area contributed by atoms with E-state index >= 15 is 0 Å². The number of carbonyl (C=O) groups excluding carboxylic acids is 3. The topological polar surface area (TPSA) is 94.1 Å². The second-order valence-corrected chi connectivity index (χ2v) is 6.07. The first-order chi connectivity index (χ1) is 11.2. The largest absolute Gasteiger partial charge is 0.497 e. The highest BCUT2D eigenvalue weighted by atomic mass is 16.5. The molecule has 0 saturated carbocycles. The number of esters is 1. The van der Waals surface area contributed by atoms with Gasteiger partial charge in [0.25, 0.3) is 0 Å². The van der Waals surface area contributed by atoms with Gasteiger partial charge in [-0.1, -0.05) is 20.8 Å². The van der Waals surface area contributed by atoms with Crippen LogP contribution in [-0.2, 0) is 14.3 Å². The summed E-state index contributed by atoms with van der Waals surface area (Å²) in [6, 6.07) is 6.46. The molecular weight excluding hydrogens is 312 g/mol. The molecule has 1 amide bonds. The summed E-state index contributed by atoms with van der Waals surface area (Å²) in [4.78, 5) is 35.9. The highest BCUT2D eigenvalue weighted by molar-refractivity contribution is 6.40. The Balaban J connectivity index is 2.90. The molecule has 0 aliphatic carbocycles. The van der Waals surface area contributed by atoms with E-state index in [-0.39, 0.29) is 23.8 Å². The number of Topliss-reactive ketones (excluding diaryl/α,β-unsaturated/α-hetero) is 1. The van der Waals surface area contributed by atoms with Crippen molar-refractivity contribution in [3.05, 3.63) is 29.8 Å². The van der Waals surface area contributed by atoms with E-state index in [4.69, 9.17) is 4.74 Å². The van der Waals surface area contributed by atoms with Gasteiger partial charge in [-0.3, -0.25) is 9.59 Å². The second kappa shape index (κ2) is 8.24. The van der Waals surface area contributed by atoms with Crippen LogP contribution in [0.4, 0.5) is 0 Å². The van der Waals surface area contributed by atoms with Crippen molar-refractivity contribution in [2.75, 3.05) is 14.2 Å². The molecule has 0 radical (unpaired) electrons. The zero-order chi connectivity index (χ0) is 18.3. The molecule has 0 unspecified atom stereocenters. The van der Waals surface area contributed by atoms with Crippen LogP contribution in [0.3, 0.4) is 0 Å². The van der Waals surface area contributed by atoms with Crippen molar-refractivity contribution in [2.24, 2.45) is 10.5 Å². The van der Waals surface area contributed by atoms with Crippen LogP contribution in [0.25, 0.3) is 0 Å². The monoisotopic (exact) mass is 334 g/mol. The molecule has 1 rings (SSSR count). The number of hydrazone groups is 1. The third-order valence-corrected chi connectivity index (χ3v) is 3.13. The van der Waals surface area contributed by atoms with Crippen LogP contribution in [0, 0.1) is 5.41 Å². The molecule has 0 aliphatic rings. The average Bonchev–Trinajstić information content (AvgIpc) is 2.56. The van der Waals surface area contributed by atoms with Gasteiger partial charge in [0.15, 0.2) is 11.5 Å². The van der Waals surface area contributed by atoms with E-state index in [9.17, 15) is 14.4 Å². The number of hydrogen-bond donors (Lipinski definition) is 1. The van der Waals surface area contributed by atoms with E-state index in [2.05, 4.69) is 15.3 Å². The number of nitrogens with zero attached hydrogens (tertiary/aromatic N) is 1. The smallest absolute Gasteiger partial charge is 0.354 e. The number of ether oxygens (including phenoxy) is 2. The molecule has 1 aromatic rings. The molecule has 0 aromatic heterocycles. The molecular formula is C17H22N2O5. The van der Waals surface area contributed by atoms with Gasteiger partial charge in [0.05, 0.1) is 20.6 Å². The van der Waals surface area contributed by atoms with Gasteiger partial charge >= 0.3 is 5.97 Å². The van der Waals surface area contributed by atoms with E-state index in [1.54, 1.807) is 45.0 Å². The highest BCUT2D eigenvalue weighted by Crippen LogP contribution is 2.14. The average molecular weight is 334 g/mol. The Bertz CT molecular complexity index is 642. The minimum absolute atomic E-state index is 0.170. The highest BCUT2D eigenvalue weighted by Gasteiger charge is 2.23. The summed E-state index contributed by atoms with van der Waals surface area (Å²) in [7, 11) is 2.71. The predicted octanol–water partition coefficient (Wildman–Crippen LogP) is 1.96. The van der Waals surface area contributed by atoms with Crippen LogP contribution in [-0.4, -0.2) is 37.6 Å². The van der Waals surface area contributed by atoms with Gasteiger partial charge in [0.1, 0.15) is 5.75 Å². The fraction of sp³-hybridized carbons (Fsp3) is 0.412. The van der Waals surface area contributed by atoms with Gasteiger partial charge < -0.3 is 9.47 Å². The number of benzene rings is 1. The number of ketones is 1. The Morgan fingerprint density at radius 3 is 2.12 bits per heavy atom. The van der Waals surface area contributed by atoms with Crippen molar-refractivity contribution < 1.29 is 23.9 Å². The van der Waals surface area contributed by atoms with E-state index in [1.807, 2.05) is 0 Å². The molecule has 0 heterocycles. The predicted molar refractivity (Wildman–Crippen MR) is 89.0 cm³/mol. The Morgan fingerprint density at radius 1 is 1.08 bits per heavy atom. The molecule has 1 aromatic carbocycles. The maximum Gasteiger partial charge on any atom is 0.354 e. The molecule has 130 valence electrons. The molecule has 0 spiro atoms. The lowest BCUT2D eigenvalue weighted by atomic mass is 9.96. The van der Waals surface area contributed by atoms with Crippen molar-refractivity contribution in [3.8, 4) is 5.75 Å². The van der Waals surface area contributed by atoms with Gasteiger partial charge in [-0.2, -0.15) is 5.10 Å². The molecule has 1 N–H and O–H groups in total. The summed E-state index contributed by atoms with van der Waals surface area (Å²) in [5.41, 5.74) is 1.84. The van der Waals surface area contributed by atoms with Gasteiger partial charge in [0, 0.05) is 11.0 Å². The summed E-state index contributed by atoms with van der Waals surface area (Å²) in [6.07, 6.45) is -0.288. The second-order valence-electron chi connectivity index (χ2n) is 6.07. The molecule has 0 atom stereocenters. The molecule has 7 heteroatoms. The first kappa shape index (κ1) is 19.3. The number of nitrogens with one attached hydrogen (secondary N) is 1. The number of hydrogen-bond acceptors (Lipinski definition) is 6. The van der Waals surface area contributed by atoms with Gasteiger partial charge in [-0.15, -0.1) is 0 Å². The van der Waals surface area contributed by atoms with Crippen molar-refractivity contribution in [1.29, 1.82) is 0 Å². The normalized spacial score (nSPS) is 11.6. The summed E-state index contributed by atoms with van der Waals surface area (Å²) in [6.45, 7) is 5.12. The van der Waals surface area contributed by atoms with Gasteiger partial charge in [-0.05, 0) is 24.3 Å². The van der Waals surface area contributed by atoms with Crippen LogP contribution in [0.15, 0.2) is 29.4 Å². The lowest BCUT2D eigenvalue weighted by Gasteiger charge is -2.15. The lowest BCUT2D eigenvalue weighted by Crippen LogP contribution is -2.33. The van der Waals surface area contributed by atoms with Crippen LogP contribution in [0.1, 0.15) is 37.6 Å². The van der Waals surface area contributed by atoms with E-state index in [0.29, 0.717) is 11.3 Å². The Kier molecular flexibility index (Phi) is 6.64. The van der Waals surface area contributed by atoms with E-state index in [0.717, 1.165) is 0 Å². The molecule has 24 heavy (non-hydrogen) atoms. The SMILES string of the molecule is COC(=O)/C(CC(=O)c1ccc(OC)cc1)=N/NC(=O)C(C)(C)C. The third-order valence-electron chi connectivity index (χ3n) is 3.13. The Hall–Kier alpha value is -2.70. The van der Waals surface area contributed by atoms with Crippen LogP contribution < -0.4 is 10.2 Å². The molecule has 0 saturated heterocycles. The first-order valence-electron chi connectivity index (χ1n) is 7.31. The van der Waals surface area contributed by atoms with Crippen LogP contribution in [0.2, 0.25) is 0 Å². The van der Waals surface area contributed by atoms with E-state index in [1.165, 1.54) is 14.2 Å². The van der Waals surface area contributed by atoms with Gasteiger partial charge in [-0.25, -0.2) is 10.2 Å². The summed E-state index contributed by atoms with van der Waals surface area (Å²) in [5.74, 6) is -0.857.